The minimum atomic E-state index is 0.233. The van der Waals surface area contributed by atoms with Crippen LogP contribution in [-0.2, 0) is 7.05 Å². The van der Waals surface area contributed by atoms with E-state index in [1.54, 1.807) is 0 Å². The van der Waals surface area contributed by atoms with Crippen LogP contribution in [0.5, 0.6) is 0 Å². The van der Waals surface area contributed by atoms with Gasteiger partial charge in [-0.15, -0.1) is 0 Å². The summed E-state index contributed by atoms with van der Waals surface area (Å²) in [4.78, 5) is 0. The number of aromatic nitrogens is 1. The molecule has 5 rings (SSSR count). The summed E-state index contributed by atoms with van der Waals surface area (Å²) in [6.45, 7) is 2.22. The van der Waals surface area contributed by atoms with Crippen LogP contribution in [0, 0.1) is 0 Å². The first-order valence-electron chi connectivity index (χ1n) is 10.5. The lowest BCUT2D eigenvalue weighted by Crippen LogP contribution is -1.97. The van der Waals surface area contributed by atoms with Crippen LogP contribution in [0.4, 0.5) is 0 Å². The highest BCUT2D eigenvalue weighted by atomic mass is 16.3. The predicted molar refractivity (Wildman–Crippen MR) is 125 cm³/mol. The molecule has 2 heteroatoms. The van der Waals surface area contributed by atoms with Gasteiger partial charge in [0.1, 0.15) is 5.76 Å². The summed E-state index contributed by atoms with van der Waals surface area (Å²) >= 11 is 0. The van der Waals surface area contributed by atoms with E-state index in [4.69, 9.17) is 4.42 Å². The average Bonchev–Trinajstić information content (AvgIpc) is 3.37. The Kier molecular flexibility index (Phi) is 4.76. The first-order valence-corrected chi connectivity index (χ1v) is 10.5. The summed E-state index contributed by atoms with van der Waals surface area (Å²) in [6.07, 6.45) is 0.986. The molecule has 0 saturated heterocycles. The summed E-state index contributed by atoms with van der Waals surface area (Å²) in [5.74, 6) is 2.18. The van der Waals surface area contributed by atoms with Crippen LogP contribution in [0.3, 0.4) is 0 Å². The van der Waals surface area contributed by atoms with Crippen molar-refractivity contribution in [1.29, 1.82) is 0 Å². The van der Waals surface area contributed by atoms with Gasteiger partial charge >= 0.3 is 0 Å². The number of fused-ring (bicyclic) bond motifs is 1. The molecule has 148 valence electrons. The molecule has 0 aliphatic rings. The van der Waals surface area contributed by atoms with E-state index in [0.29, 0.717) is 0 Å². The number of rotatable bonds is 5. The first-order chi connectivity index (χ1) is 14.8. The number of aryl methyl sites for hydroxylation is 1. The predicted octanol–water partition coefficient (Wildman–Crippen LogP) is 7.65. The summed E-state index contributed by atoms with van der Waals surface area (Å²) in [5.41, 5.74) is 5.92. The van der Waals surface area contributed by atoms with Crippen LogP contribution in [0.15, 0.2) is 101 Å². The molecule has 5 aromatic rings. The van der Waals surface area contributed by atoms with E-state index in [-0.39, 0.29) is 5.92 Å². The van der Waals surface area contributed by atoms with Crippen molar-refractivity contribution in [3.63, 3.8) is 0 Å². The third-order valence-electron chi connectivity index (χ3n) is 5.97. The lowest BCUT2D eigenvalue weighted by molar-refractivity contribution is 0.489. The van der Waals surface area contributed by atoms with Crippen molar-refractivity contribution in [2.75, 3.05) is 0 Å². The largest absolute Gasteiger partial charge is 0.458 e. The van der Waals surface area contributed by atoms with Crippen LogP contribution >= 0.6 is 0 Å². The van der Waals surface area contributed by atoms with E-state index in [9.17, 15) is 0 Å². The summed E-state index contributed by atoms with van der Waals surface area (Å²) in [5, 5.41) is 1.22. The van der Waals surface area contributed by atoms with Gasteiger partial charge in [-0.1, -0.05) is 85.8 Å². The minimum Gasteiger partial charge on any atom is -0.458 e. The van der Waals surface area contributed by atoms with Crippen LogP contribution in [0.1, 0.15) is 30.6 Å². The van der Waals surface area contributed by atoms with Crippen LogP contribution in [0.2, 0.25) is 0 Å². The van der Waals surface area contributed by atoms with Gasteiger partial charge in [-0.25, -0.2) is 0 Å². The maximum absolute atomic E-state index is 6.65. The normalized spacial score (nSPS) is 12.3. The van der Waals surface area contributed by atoms with Crippen molar-refractivity contribution >= 4 is 10.9 Å². The fourth-order valence-electron chi connectivity index (χ4n) is 4.40. The zero-order chi connectivity index (χ0) is 20.5. The Morgan fingerprint density at radius 1 is 0.800 bits per heavy atom. The summed E-state index contributed by atoms with van der Waals surface area (Å²) in [7, 11) is 2.11. The van der Waals surface area contributed by atoms with Gasteiger partial charge in [0.25, 0.3) is 0 Å². The molecule has 2 heterocycles. The molecular formula is C28H25NO. The van der Waals surface area contributed by atoms with Gasteiger partial charge in [-0.05, 0) is 35.7 Å². The molecule has 0 spiro atoms. The molecule has 30 heavy (non-hydrogen) atoms. The van der Waals surface area contributed by atoms with Gasteiger partial charge in [0.05, 0.1) is 5.69 Å². The lowest BCUT2D eigenvalue weighted by Gasteiger charge is -2.12. The highest BCUT2D eigenvalue weighted by molar-refractivity contribution is 5.89. The molecule has 1 atom stereocenters. The molecule has 0 fully saturated rings. The second kappa shape index (κ2) is 7.72. The van der Waals surface area contributed by atoms with Gasteiger partial charge in [0.2, 0.25) is 0 Å². The molecule has 0 aliphatic carbocycles. The van der Waals surface area contributed by atoms with E-state index in [0.717, 1.165) is 29.2 Å². The number of hydrogen-bond donors (Lipinski definition) is 0. The van der Waals surface area contributed by atoms with Gasteiger partial charge in [-0.2, -0.15) is 0 Å². The fourth-order valence-corrected chi connectivity index (χ4v) is 4.40. The van der Waals surface area contributed by atoms with Crippen molar-refractivity contribution in [2.24, 2.45) is 7.05 Å². The second-order valence-electron chi connectivity index (χ2n) is 7.78. The van der Waals surface area contributed by atoms with Crippen molar-refractivity contribution < 1.29 is 4.42 Å². The smallest absolute Gasteiger partial charge is 0.158 e. The van der Waals surface area contributed by atoms with Crippen molar-refractivity contribution in [3.05, 3.63) is 108 Å². The van der Waals surface area contributed by atoms with E-state index in [1.165, 1.54) is 22.0 Å². The van der Waals surface area contributed by atoms with Crippen LogP contribution in [-0.4, -0.2) is 4.57 Å². The molecule has 2 nitrogen and oxygen atoms in total. The molecule has 1 unspecified atom stereocenters. The van der Waals surface area contributed by atoms with Crippen LogP contribution in [0.25, 0.3) is 33.5 Å². The Balaban J connectivity index is 1.72. The molecule has 0 saturated carbocycles. The maximum Gasteiger partial charge on any atom is 0.158 e. The lowest BCUT2D eigenvalue weighted by atomic mass is 9.93. The number of nitrogens with zero attached hydrogens (tertiary/aromatic N) is 1. The molecule has 0 N–H and O–H groups in total. The van der Waals surface area contributed by atoms with E-state index in [2.05, 4.69) is 116 Å². The molecule has 0 bridgehead atoms. The van der Waals surface area contributed by atoms with Crippen molar-refractivity contribution in [2.45, 2.75) is 19.3 Å². The third kappa shape index (κ3) is 3.15. The highest BCUT2D eigenvalue weighted by Crippen LogP contribution is 2.41. The third-order valence-corrected chi connectivity index (χ3v) is 5.97. The molecule has 2 aromatic heterocycles. The standard InChI is InChI=1S/C28H25NO/c1-3-23(20-12-6-4-7-13-20)27-19-24(21-14-8-5-9-15-21)28(30-27)26-18-22-16-10-11-17-25(22)29(26)2/h4-19,23H,3H2,1-2H3. The van der Waals surface area contributed by atoms with Gasteiger partial charge in [0, 0.05) is 29.4 Å². The molecule has 3 aromatic carbocycles. The number of hydrogen-bond acceptors (Lipinski definition) is 1. The number of furan rings is 1. The number of para-hydroxylation sites is 1. The zero-order valence-electron chi connectivity index (χ0n) is 17.4. The Hall–Kier alpha value is -3.52. The van der Waals surface area contributed by atoms with Gasteiger partial charge in [-0.3, -0.25) is 0 Å². The first kappa shape index (κ1) is 18.5. The zero-order valence-corrected chi connectivity index (χ0v) is 17.4. The SMILES string of the molecule is CCC(c1ccccc1)c1cc(-c2ccccc2)c(-c2cc3ccccc3n2C)o1. The quantitative estimate of drug-likeness (QED) is 0.301. The molecule has 0 aliphatic heterocycles. The number of benzene rings is 3. The monoisotopic (exact) mass is 391 g/mol. The van der Waals surface area contributed by atoms with E-state index < -0.39 is 0 Å². The average molecular weight is 392 g/mol. The van der Waals surface area contributed by atoms with Gasteiger partial charge in [0.15, 0.2) is 5.76 Å². The second-order valence-corrected chi connectivity index (χ2v) is 7.78. The summed E-state index contributed by atoms with van der Waals surface area (Å²) in [6, 6.07) is 34.1. The topological polar surface area (TPSA) is 18.1 Å². The molecule has 0 radical (unpaired) electrons. The van der Waals surface area contributed by atoms with Gasteiger partial charge < -0.3 is 8.98 Å². The van der Waals surface area contributed by atoms with Crippen molar-refractivity contribution in [1.82, 2.24) is 4.57 Å². The molecular weight excluding hydrogens is 366 g/mol. The van der Waals surface area contributed by atoms with Crippen LogP contribution < -0.4 is 0 Å². The minimum absolute atomic E-state index is 0.233. The molecule has 0 amide bonds. The Bertz CT molecular complexity index is 1280. The van der Waals surface area contributed by atoms with E-state index in [1.807, 2.05) is 0 Å². The van der Waals surface area contributed by atoms with Crippen molar-refractivity contribution in [3.8, 4) is 22.6 Å². The summed E-state index contributed by atoms with van der Waals surface area (Å²) < 4.78 is 8.88. The Morgan fingerprint density at radius 2 is 1.47 bits per heavy atom. The Labute approximate surface area is 177 Å². The van der Waals surface area contributed by atoms with E-state index >= 15 is 0 Å². The fraction of sp³-hybridized carbons (Fsp3) is 0.143. The Morgan fingerprint density at radius 3 is 2.17 bits per heavy atom. The maximum atomic E-state index is 6.65. The highest BCUT2D eigenvalue weighted by Gasteiger charge is 2.23.